The molecule has 2 rings (SSSR count). The zero-order valence-corrected chi connectivity index (χ0v) is 9.98. The normalized spacial score (nSPS) is 16.9. The highest BCUT2D eigenvalue weighted by Gasteiger charge is 2.17. The Bertz CT molecular complexity index is 386. The van der Waals surface area contributed by atoms with Crippen LogP contribution in [0.1, 0.15) is 24.8 Å². The number of nitrogens with zero attached hydrogens (tertiary/aromatic N) is 1. The fourth-order valence-corrected chi connectivity index (χ4v) is 2.28. The molecule has 0 unspecified atom stereocenters. The van der Waals surface area contributed by atoms with Gasteiger partial charge in [-0.15, -0.1) is 0 Å². The molecule has 1 aromatic rings. The van der Waals surface area contributed by atoms with E-state index in [9.17, 15) is 4.79 Å². The number of hydrogen-bond acceptors (Lipinski definition) is 4. The van der Waals surface area contributed by atoms with Crippen LogP contribution in [0.2, 0.25) is 0 Å². The molecule has 1 fully saturated rings. The molecule has 1 saturated heterocycles. The van der Waals surface area contributed by atoms with Gasteiger partial charge in [0.15, 0.2) is 0 Å². The average molecular weight is 233 g/mol. The molecule has 2 heterocycles. The molecular formula is C13H19N3O. The molecule has 1 aliphatic rings. The van der Waals surface area contributed by atoms with Crippen molar-refractivity contribution in [1.82, 2.24) is 10.3 Å². The molecule has 0 aliphatic carbocycles. The van der Waals surface area contributed by atoms with Crippen molar-refractivity contribution in [3.8, 4) is 0 Å². The van der Waals surface area contributed by atoms with Crippen LogP contribution in [-0.4, -0.2) is 23.9 Å². The number of nitrogen functional groups attached to an aromatic ring is 1. The third kappa shape index (κ3) is 3.53. The maximum Gasteiger partial charge on any atom is 0.137 e. The van der Waals surface area contributed by atoms with E-state index in [-0.39, 0.29) is 5.78 Å². The third-order valence-corrected chi connectivity index (χ3v) is 3.30. The fourth-order valence-electron chi connectivity index (χ4n) is 2.28. The second kappa shape index (κ2) is 5.77. The van der Waals surface area contributed by atoms with Crippen molar-refractivity contribution in [2.45, 2.75) is 25.7 Å². The zero-order valence-electron chi connectivity index (χ0n) is 9.98. The summed E-state index contributed by atoms with van der Waals surface area (Å²) in [4.78, 5) is 15.9. The first-order valence-electron chi connectivity index (χ1n) is 6.16. The fraction of sp³-hybridized carbons (Fsp3) is 0.538. The summed E-state index contributed by atoms with van der Waals surface area (Å²) in [5.74, 6) is 0.818. The minimum absolute atomic E-state index is 0.275. The van der Waals surface area contributed by atoms with Crippen molar-refractivity contribution >= 4 is 11.5 Å². The lowest BCUT2D eigenvalue weighted by Crippen LogP contribution is -2.29. The van der Waals surface area contributed by atoms with E-state index in [2.05, 4.69) is 10.3 Å². The summed E-state index contributed by atoms with van der Waals surface area (Å²) in [5.41, 5.74) is 7.32. The molecule has 0 amide bonds. The second-order valence-corrected chi connectivity index (χ2v) is 4.69. The summed E-state index contributed by atoms with van der Waals surface area (Å²) in [6.45, 7) is 2.07. The van der Waals surface area contributed by atoms with Crippen LogP contribution in [0.3, 0.4) is 0 Å². The number of anilines is 1. The molecular weight excluding hydrogens is 214 g/mol. The van der Waals surface area contributed by atoms with Crippen molar-refractivity contribution in [3.63, 3.8) is 0 Å². The van der Waals surface area contributed by atoms with Gasteiger partial charge in [-0.1, -0.05) is 0 Å². The SMILES string of the molecule is Nc1ccncc1CC(=O)CC1CCNCC1. The van der Waals surface area contributed by atoms with Crippen molar-refractivity contribution < 1.29 is 4.79 Å². The van der Waals surface area contributed by atoms with E-state index in [4.69, 9.17) is 5.73 Å². The van der Waals surface area contributed by atoms with Crippen LogP contribution >= 0.6 is 0 Å². The standard InChI is InChI=1S/C13H19N3O/c14-13-3-6-16-9-11(13)8-12(17)7-10-1-4-15-5-2-10/h3,6,9-10,15H,1-2,4-5,7-8H2,(H2,14,16). The lowest BCUT2D eigenvalue weighted by molar-refractivity contribution is -0.119. The Morgan fingerprint density at radius 2 is 2.24 bits per heavy atom. The van der Waals surface area contributed by atoms with Crippen molar-refractivity contribution in [2.75, 3.05) is 18.8 Å². The zero-order chi connectivity index (χ0) is 12.1. The number of piperidine rings is 1. The van der Waals surface area contributed by atoms with Gasteiger partial charge in [0, 0.05) is 36.5 Å². The Hall–Kier alpha value is -1.42. The first kappa shape index (κ1) is 12.0. The van der Waals surface area contributed by atoms with Gasteiger partial charge in [0.25, 0.3) is 0 Å². The molecule has 0 spiro atoms. The number of pyridine rings is 1. The van der Waals surface area contributed by atoms with Gasteiger partial charge in [-0.05, 0) is 37.9 Å². The molecule has 92 valence electrons. The molecule has 3 N–H and O–H groups in total. The molecule has 4 heteroatoms. The van der Waals surface area contributed by atoms with Gasteiger partial charge in [-0.2, -0.15) is 0 Å². The maximum atomic E-state index is 11.9. The summed E-state index contributed by atoms with van der Waals surface area (Å²) in [6.07, 6.45) is 6.65. The van der Waals surface area contributed by atoms with Gasteiger partial charge in [0.1, 0.15) is 5.78 Å². The van der Waals surface area contributed by atoms with E-state index in [0.29, 0.717) is 24.4 Å². The first-order valence-corrected chi connectivity index (χ1v) is 6.16. The molecule has 0 bridgehead atoms. The van der Waals surface area contributed by atoms with Crippen LogP contribution in [0.15, 0.2) is 18.5 Å². The van der Waals surface area contributed by atoms with E-state index < -0.39 is 0 Å². The molecule has 17 heavy (non-hydrogen) atoms. The number of nitrogens with one attached hydrogen (secondary N) is 1. The van der Waals surface area contributed by atoms with Crippen molar-refractivity contribution in [1.29, 1.82) is 0 Å². The molecule has 0 saturated carbocycles. The van der Waals surface area contributed by atoms with Crippen LogP contribution in [0.25, 0.3) is 0 Å². The highest BCUT2D eigenvalue weighted by molar-refractivity contribution is 5.82. The molecule has 0 aromatic carbocycles. The molecule has 1 aromatic heterocycles. The van der Waals surface area contributed by atoms with Gasteiger partial charge in [-0.25, -0.2) is 0 Å². The number of hydrogen-bond donors (Lipinski definition) is 2. The Balaban J connectivity index is 1.86. The Morgan fingerprint density at radius 1 is 1.47 bits per heavy atom. The molecule has 4 nitrogen and oxygen atoms in total. The highest BCUT2D eigenvalue weighted by atomic mass is 16.1. The summed E-state index contributed by atoms with van der Waals surface area (Å²) >= 11 is 0. The van der Waals surface area contributed by atoms with Crippen molar-refractivity contribution in [3.05, 3.63) is 24.0 Å². The van der Waals surface area contributed by atoms with Gasteiger partial charge in [0.05, 0.1) is 0 Å². The van der Waals surface area contributed by atoms with E-state index in [0.717, 1.165) is 31.5 Å². The third-order valence-electron chi connectivity index (χ3n) is 3.30. The second-order valence-electron chi connectivity index (χ2n) is 4.69. The van der Waals surface area contributed by atoms with Gasteiger partial charge in [-0.3, -0.25) is 9.78 Å². The smallest absolute Gasteiger partial charge is 0.137 e. The average Bonchev–Trinajstić information content (AvgIpc) is 2.33. The van der Waals surface area contributed by atoms with Crippen LogP contribution in [-0.2, 0) is 11.2 Å². The predicted octanol–water partition coefficient (Wildman–Crippen LogP) is 1.17. The first-order chi connectivity index (χ1) is 8.25. The monoisotopic (exact) mass is 233 g/mol. The summed E-state index contributed by atoms with van der Waals surface area (Å²) < 4.78 is 0. The number of Topliss-reactive ketones (excluding diaryl/α,β-unsaturated/α-hetero) is 1. The Morgan fingerprint density at radius 3 is 2.94 bits per heavy atom. The van der Waals surface area contributed by atoms with Crippen LogP contribution < -0.4 is 11.1 Å². The number of nitrogens with two attached hydrogens (primary N) is 1. The van der Waals surface area contributed by atoms with Crippen LogP contribution in [0.4, 0.5) is 5.69 Å². The number of aromatic nitrogens is 1. The minimum atomic E-state index is 0.275. The summed E-state index contributed by atoms with van der Waals surface area (Å²) in [5, 5.41) is 3.31. The predicted molar refractivity (Wildman–Crippen MR) is 67.6 cm³/mol. The van der Waals surface area contributed by atoms with Gasteiger partial charge >= 0.3 is 0 Å². The quantitative estimate of drug-likeness (QED) is 0.819. The van der Waals surface area contributed by atoms with Crippen LogP contribution in [0.5, 0.6) is 0 Å². The van der Waals surface area contributed by atoms with E-state index in [1.807, 2.05) is 0 Å². The lowest BCUT2D eigenvalue weighted by Gasteiger charge is -2.21. The topological polar surface area (TPSA) is 68.0 Å². The van der Waals surface area contributed by atoms with Crippen LogP contribution in [0, 0.1) is 5.92 Å². The molecule has 1 aliphatic heterocycles. The molecule has 0 atom stereocenters. The van der Waals surface area contributed by atoms with Crippen molar-refractivity contribution in [2.24, 2.45) is 5.92 Å². The van der Waals surface area contributed by atoms with E-state index in [1.54, 1.807) is 18.5 Å². The number of rotatable bonds is 4. The lowest BCUT2D eigenvalue weighted by atomic mass is 9.91. The largest absolute Gasteiger partial charge is 0.398 e. The van der Waals surface area contributed by atoms with Gasteiger partial charge in [0.2, 0.25) is 0 Å². The molecule has 0 radical (unpaired) electrons. The van der Waals surface area contributed by atoms with E-state index in [1.165, 1.54) is 0 Å². The summed E-state index contributed by atoms with van der Waals surface area (Å²) in [7, 11) is 0. The number of carbonyl (C=O) groups excluding carboxylic acids is 1. The number of carbonyl (C=O) groups is 1. The Kier molecular flexibility index (Phi) is 4.09. The summed E-state index contributed by atoms with van der Waals surface area (Å²) in [6, 6.07) is 1.74. The minimum Gasteiger partial charge on any atom is -0.398 e. The Labute approximate surface area is 102 Å². The van der Waals surface area contributed by atoms with E-state index >= 15 is 0 Å². The van der Waals surface area contributed by atoms with Gasteiger partial charge < -0.3 is 11.1 Å². The highest BCUT2D eigenvalue weighted by Crippen LogP contribution is 2.18. The maximum absolute atomic E-state index is 11.9. The number of ketones is 1.